The number of hydrogen-bond acceptors (Lipinski definition) is 3. The summed E-state index contributed by atoms with van der Waals surface area (Å²) in [4.78, 5) is 2.55. The summed E-state index contributed by atoms with van der Waals surface area (Å²) in [5.41, 5.74) is 2.00. The Morgan fingerprint density at radius 3 is 3.11 bits per heavy atom. The molecule has 0 radical (unpaired) electrons. The molecule has 0 spiro atoms. The molecule has 1 aliphatic heterocycles. The van der Waals surface area contributed by atoms with Gasteiger partial charge in [0, 0.05) is 19.1 Å². The van der Waals surface area contributed by atoms with Gasteiger partial charge in [-0.05, 0) is 30.5 Å². The summed E-state index contributed by atoms with van der Waals surface area (Å²) >= 11 is 0. The van der Waals surface area contributed by atoms with Crippen molar-refractivity contribution in [1.29, 1.82) is 5.26 Å². The van der Waals surface area contributed by atoms with Gasteiger partial charge in [-0.15, -0.1) is 0 Å². The van der Waals surface area contributed by atoms with Crippen molar-refractivity contribution in [2.24, 2.45) is 0 Å². The van der Waals surface area contributed by atoms with Gasteiger partial charge in [-0.2, -0.15) is 5.26 Å². The van der Waals surface area contributed by atoms with Gasteiger partial charge in [0.2, 0.25) is 0 Å². The summed E-state index contributed by atoms with van der Waals surface area (Å²) in [5, 5.41) is 8.97. The van der Waals surface area contributed by atoms with Gasteiger partial charge in [0.1, 0.15) is 0 Å². The Balaban J connectivity index is 1.72. The van der Waals surface area contributed by atoms with Crippen molar-refractivity contribution in [1.82, 2.24) is 4.90 Å². The summed E-state index contributed by atoms with van der Waals surface area (Å²) in [6.07, 6.45) is 5.52. The number of morpholine rings is 1. The average molecular weight is 256 g/mol. The van der Waals surface area contributed by atoms with Crippen LogP contribution in [-0.2, 0) is 11.3 Å². The minimum absolute atomic E-state index is 0.432. The minimum atomic E-state index is 0.432. The molecule has 100 valence electrons. The third-order valence-corrected chi connectivity index (χ3v) is 4.29. The largest absolute Gasteiger partial charge is 0.375 e. The quantitative estimate of drug-likeness (QED) is 0.816. The van der Waals surface area contributed by atoms with E-state index in [1.165, 1.54) is 31.2 Å². The van der Waals surface area contributed by atoms with Crippen molar-refractivity contribution >= 4 is 0 Å². The fourth-order valence-electron chi connectivity index (χ4n) is 3.35. The highest BCUT2D eigenvalue weighted by molar-refractivity contribution is 5.32. The lowest BCUT2D eigenvalue weighted by atomic mass is 9.90. The molecule has 1 aliphatic carbocycles. The maximum Gasteiger partial charge on any atom is 0.0991 e. The molecule has 0 bridgehead atoms. The van der Waals surface area contributed by atoms with Crippen molar-refractivity contribution in [3.05, 3.63) is 35.4 Å². The number of ether oxygens (including phenoxy) is 1. The monoisotopic (exact) mass is 256 g/mol. The number of nitriles is 1. The van der Waals surface area contributed by atoms with E-state index < -0.39 is 0 Å². The van der Waals surface area contributed by atoms with Gasteiger partial charge >= 0.3 is 0 Å². The molecule has 3 rings (SSSR count). The first kappa shape index (κ1) is 12.7. The molecule has 0 amide bonds. The predicted octanol–water partition coefficient (Wildman–Crippen LogP) is 2.70. The van der Waals surface area contributed by atoms with Crippen molar-refractivity contribution in [3.63, 3.8) is 0 Å². The van der Waals surface area contributed by atoms with Gasteiger partial charge in [-0.1, -0.05) is 25.0 Å². The summed E-state index contributed by atoms with van der Waals surface area (Å²) in [5.74, 6) is 0. The van der Waals surface area contributed by atoms with E-state index in [9.17, 15) is 0 Å². The van der Waals surface area contributed by atoms with E-state index in [2.05, 4.69) is 17.0 Å². The Labute approximate surface area is 114 Å². The molecule has 1 heterocycles. The predicted molar refractivity (Wildman–Crippen MR) is 73.6 cm³/mol. The molecule has 2 unspecified atom stereocenters. The van der Waals surface area contributed by atoms with Crippen molar-refractivity contribution in [2.45, 2.75) is 44.4 Å². The number of nitrogens with zero attached hydrogens (tertiary/aromatic N) is 2. The van der Waals surface area contributed by atoms with Crippen LogP contribution < -0.4 is 0 Å². The Morgan fingerprint density at radius 2 is 2.21 bits per heavy atom. The van der Waals surface area contributed by atoms with E-state index in [1.807, 2.05) is 18.2 Å². The highest BCUT2D eigenvalue weighted by atomic mass is 16.5. The van der Waals surface area contributed by atoms with Crippen LogP contribution in [0.15, 0.2) is 24.3 Å². The van der Waals surface area contributed by atoms with Crippen molar-refractivity contribution in [2.75, 3.05) is 13.2 Å². The number of benzene rings is 1. The van der Waals surface area contributed by atoms with Gasteiger partial charge in [0.15, 0.2) is 0 Å². The molecule has 2 aliphatic rings. The number of rotatable bonds is 2. The van der Waals surface area contributed by atoms with E-state index in [0.29, 0.717) is 12.1 Å². The molecule has 1 saturated heterocycles. The van der Waals surface area contributed by atoms with Crippen LogP contribution in [0.2, 0.25) is 0 Å². The Morgan fingerprint density at radius 1 is 1.32 bits per heavy atom. The third kappa shape index (κ3) is 2.80. The second kappa shape index (κ2) is 5.73. The molecule has 3 nitrogen and oxygen atoms in total. The molecule has 3 heteroatoms. The van der Waals surface area contributed by atoms with E-state index in [-0.39, 0.29) is 0 Å². The van der Waals surface area contributed by atoms with E-state index in [0.717, 1.165) is 25.3 Å². The van der Waals surface area contributed by atoms with E-state index in [4.69, 9.17) is 10.00 Å². The first-order chi connectivity index (χ1) is 9.36. The maximum absolute atomic E-state index is 8.97. The fourth-order valence-corrected chi connectivity index (χ4v) is 3.35. The molecule has 1 aromatic rings. The lowest BCUT2D eigenvalue weighted by molar-refractivity contribution is -0.0911. The van der Waals surface area contributed by atoms with Crippen LogP contribution in [0.4, 0.5) is 0 Å². The molecule has 0 aromatic heterocycles. The SMILES string of the molecule is N#Cc1cccc(CN2CCOC3CCCCC32)c1. The smallest absolute Gasteiger partial charge is 0.0991 e. The first-order valence-electron chi connectivity index (χ1n) is 7.21. The van der Waals surface area contributed by atoms with Gasteiger partial charge < -0.3 is 4.74 Å². The number of fused-ring (bicyclic) bond motifs is 1. The van der Waals surface area contributed by atoms with Gasteiger partial charge in [0.25, 0.3) is 0 Å². The van der Waals surface area contributed by atoms with Crippen LogP contribution in [0.3, 0.4) is 0 Å². The van der Waals surface area contributed by atoms with Crippen LogP contribution in [-0.4, -0.2) is 30.2 Å². The first-order valence-corrected chi connectivity index (χ1v) is 7.21. The fraction of sp³-hybridized carbons (Fsp3) is 0.562. The third-order valence-electron chi connectivity index (χ3n) is 4.29. The minimum Gasteiger partial charge on any atom is -0.375 e. The highest BCUT2D eigenvalue weighted by Gasteiger charge is 2.33. The number of hydrogen-bond donors (Lipinski definition) is 0. The molecule has 2 atom stereocenters. The summed E-state index contributed by atoms with van der Waals surface area (Å²) < 4.78 is 5.90. The molecule has 2 fully saturated rings. The lowest BCUT2D eigenvalue weighted by Crippen LogP contribution is -2.52. The molecular weight excluding hydrogens is 236 g/mol. The summed E-state index contributed by atoms with van der Waals surface area (Å²) in [7, 11) is 0. The van der Waals surface area contributed by atoms with Crippen molar-refractivity contribution < 1.29 is 4.74 Å². The average Bonchev–Trinajstić information content (AvgIpc) is 2.48. The zero-order valence-electron chi connectivity index (χ0n) is 11.2. The van der Waals surface area contributed by atoms with Crippen LogP contribution in [0, 0.1) is 11.3 Å². The Hall–Kier alpha value is -1.37. The molecule has 1 saturated carbocycles. The molecule has 1 aromatic carbocycles. The van der Waals surface area contributed by atoms with E-state index in [1.54, 1.807) is 0 Å². The molecule has 0 N–H and O–H groups in total. The second-order valence-corrected chi connectivity index (χ2v) is 5.54. The van der Waals surface area contributed by atoms with Crippen LogP contribution in [0.25, 0.3) is 0 Å². The Bertz CT molecular complexity index is 478. The zero-order chi connectivity index (χ0) is 13.1. The topological polar surface area (TPSA) is 36.3 Å². The lowest BCUT2D eigenvalue weighted by Gasteiger charge is -2.43. The standard InChI is InChI=1S/C16H20N2O/c17-11-13-4-3-5-14(10-13)12-18-8-9-19-16-7-2-1-6-15(16)18/h3-5,10,15-16H,1-2,6-9,12H2. The summed E-state index contributed by atoms with van der Waals surface area (Å²) in [6, 6.07) is 10.8. The molecular formula is C16H20N2O. The highest BCUT2D eigenvalue weighted by Crippen LogP contribution is 2.29. The van der Waals surface area contributed by atoms with Crippen LogP contribution >= 0.6 is 0 Å². The van der Waals surface area contributed by atoms with Gasteiger partial charge in [-0.25, -0.2) is 0 Å². The molecule has 19 heavy (non-hydrogen) atoms. The van der Waals surface area contributed by atoms with Gasteiger partial charge in [0.05, 0.1) is 24.3 Å². The normalized spacial score (nSPS) is 27.5. The zero-order valence-corrected chi connectivity index (χ0v) is 11.2. The van der Waals surface area contributed by atoms with Crippen molar-refractivity contribution in [3.8, 4) is 6.07 Å². The summed E-state index contributed by atoms with van der Waals surface area (Å²) in [6.45, 7) is 2.80. The van der Waals surface area contributed by atoms with Crippen LogP contribution in [0.1, 0.15) is 36.8 Å². The van der Waals surface area contributed by atoms with Gasteiger partial charge in [-0.3, -0.25) is 4.90 Å². The van der Waals surface area contributed by atoms with Crippen LogP contribution in [0.5, 0.6) is 0 Å². The van der Waals surface area contributed by atoms with E-state index >= 15 is 0 Å². The maximum atomic E-state index is 8.97. The second-order valence-electron chi connectivity index (χ2n) is 5.54. The Kier molecular flexibility index (Phi) is 3.82.